The molecule has 14 heteroatoms. The number of esters is 1. The first-order chi connectivity index (χ1) is 20.7. The first-order valence-corrected chi connectivity index (χ1v) is 13.9. The van der Waals surface area contributed by atoms with Crippen molar-refractivity contribution >= 4 is 67.2 Å². The van der Waals surface area contributed by atoms with Gasteiger partial charge in [0, 0.05) is 39.0 Å². The van der Waals surface area contributed by atoms with Gasteiger partial charge in [0.05, 0.1) is 21.2 Å². The summed E-state index contributed by atoms with van der Waals surface area (Å²) in [5.74, 6) is -0.575. The van der Waals surface area contributed by atoms with Gasteiger partial charge in [-0.25, -0.2) is 10.2 Å². The summed E-state index contributed by atoms with van der Waals surface area (Å²) in [6.07, 6.45) is 1.29. The number of nitro groups is 1. The van der Waals surface area contributed by atoms with Crippen molar-refractivity contribution in [3.05, 3.63) is 120 Å². The SMILES string of the molecule is O=C(NN=Cc1cc(Br)cc(Br)c1OC(=O)c1ccc([N+](=O)[O-])cc1)c1cccc(NC(=O)c2ccc3c(c2)OCO3)c1. The summed E-state index contributed by atoms with van der Waals surface area (Å²) in [7, 11) is 0. The zero-order valence-electron chi connectivity index (χ0n) is 21.7. The molecular weight excluding hydrogens is 692 g/mol. The van der Waals surface area contributed by atoms with Crippen molar-refractivity contribution in [1.29, 1.82) is 0 Å². The standard InChI is InChI=1S/C29H18Br2N4O8/c30-20-10-19(26(23(31)13-20)43-29(38)16-4-7-22(8-5-16)35(39)40)14-32-34-28(37)17-2-1-3-21(11-17)33-27(36)18-6-9-24-25(12-18)42-15-41-24/h1-14H,15H2,(H,33,36)(H,34,37). The van der Waals surface area contributed by atoms with Gasteiger partial charge in [-0.3, -0.25) is 19.7 Å². The first-order valence-electron chi connectivity index (χ1n) is 12.3. The van der Waals surface area contributed by atoms with Crippen LogP contribution in [0.5, 0.6) is 17.2 Å². The minimum atomic E-state index is -0.754. The molecule has 4 aromatic carbocycles. The van der Waals surface area contributed by atoms with Crippen LogP contribution in [0.25, 0.3) is 0 Å². The molecule has 4 aromatic rings. The van der Waals surface area contributed by atoms with Crippen LogP contribution in [0.1, 0.15) is 36.6 Å². The van der Waals surface area contributed by atoms with Crippen LogP contribution in [-0.2, 0) is 0 Å². The topological polar surface area (TPSA) is 158 Å². The summed E-state index contributed by atoms with van der Waals surface area (Å²) < 4.78 is 17.2. The second kappa shape index (κ2) is 12.8. The highest BCUT2D eigenvalue weighted by Gasteiger charge is 2.18. The third kappa shape index (κ3) is 7.05. The van der Waals surface area contributed by atoms with Crippen molar-refractivity contribution in [1.82, 2.24) is 5.43 Å². The minimum Gasteiger partial charge on any atom is -0.454 e. The maximum Gasteiger partial charge on any atom is 0.343 e. The summed E-state index contributed by atoms with van der Waals surface area (Å²) in [5.41, 5.74) is 3.64. The molecule has 2 amide bonds. The van der Waals surface area contributed by atoms with Crippen LogP contribution >= 0.6 is 31.9 Å². The molecule has 0 spiro atoms. The Bertz CT molecular complexity index is 1790. The van der Waals surface area contributed by atoms with Crippen LogP contribution in [0.3, 0.4) is 0 Å². The molecule has 12 nitrogen and oxygen atoms in total. The molecule has 0 saturated carbocycles. The lowest BCUT2D eigenvalue weighted by molar-refractivity contribution is -0.384. The van der Waals surface area contributed by atoms with Gasteiger partial charge in [0.25, 0.3) is 17.5 Å². The second-order valence-corrected chi connectivity index (χ2v) is 10.6. The van der Waals surface area contributed by atoms with E-state index in [4.69, 9.17) is 14.2 Å². The molecule has 0 saturated heterocycles. The molecule has 2 N–H and O–H groups in total. The van der Waals surface area contributed by atoms with E-state index in [1.807, 2.05) is 0 Å². The molecule has 1 aliphatic rings. The average molecular weight is 710 g/mol. The molecule has 5 rings (SSSR count). The Morgan fingerprint density at radius 2 is 1.60 bits per heavy atom. The van der Waals surface area contributed by atoms with Crippen LogP contribution < -0.4 is 25.0 Å². The lowest BCUT2D eigenvalue weighted by Crippen LogP contribution is -2.18. The molecule has 1 heterocycles. The number of nitrogens with zero attached hydrogens (tertiary/aromatic N) is 2. The van der Waals surface area contributed by atoms with Crippen molar-refractivity contribution in [3.8, 4) is 17.2 Å². The van der Waals surface area contributed by atoms with Crippen LogP contribution in [0, 0.1) is 10.1 Å². The molecule has 0 bridgehead atoms. The number of hydrogen-bond donors (Lipinski definition) is 2. The van der Waals surface area contributed by atoms with Gasteiger partial charge in [-0.05, 0) is 76.6 Å². The molecule has 0 unspecified atom stereocenters. The third-order valence-corrected chi connectivity index (χ3v) is 6.98. The van der Waals surface area contributed by atoms with E-state index in [0.717, 1.165) is 0 Å². The Kier molecular flexibility index (Phi) is 8.78. The number of carbonyl (C=O) groups is 3. The highest BCUT2D eigenvalue weighted by Crippen LogP contribution is 2.34. The number of hydrazone groups is 1. The molecule has 0 aliphatic carbocycles. The lowest BCUT2D eigenvalue weighted by atomic mass is 10.1. The Balaban J connectivity index is 1.26. The smallest absolute Gasteiger partial charge is 0.343 e. The summed E-state index contributed by atoms with van der Waals surface area (Å²) in [6.45, 7) is 0.0908. The highest BCUT2D eigenvalue weighted by molar-refractivity contribution is 9.11. The number of nitro benzene ring substituents is 1. The van der Waals surface area contributed by atoms with Crippen molar-refractivity contribution in [2.75, 3.05) is 12.1 Å². The van der Waals surface area contributed by atoms with Crippen molar-refractivity contribution in [2.45, 2.75) is 0 Å². The number of fused-ring (bicyclic) bond motifs is 1. The van der Waals surface area contributed by atoms with Gasteiger partial charge in [0.2, 0.25) is 6.79 Å². The van der Waals surface area contributed by atoms with Crippen LogP contribution in [0.15, 0.2) is 92.9 Å². The molecule has 1 aliphatic heterocycles. The molecule has 0 fully saturated rings. The molecule has 216 valence electrons. The fourth-order valence-corrected chi connectivity index (χ4v) is 5.20. The number of amides is 2. The lowest BCUT2D eigenvalue weighted by Gasteiger charge is -2.11. The van der Waals surface area contributed by atoms with Crippen molar-refractivity contribution < 1.29 is 33.5 Å². The Morgan fingerprint density at radius 1 is 0.884 bits per heavy atom. The second-order valence-electron chi connectivity index (χ2n) is 8.80. The average Bonchev–Trinajstić information content (AvgIpc) is 3.47. The number of hydrogen-bond acceptors (Lipinski definition) is 9. The van der Waals surface area contributed by atoms with E-state index in [2.05, 4.69) is 47.7 Å². The first kappa shape index (κ1) is 29.4. The maximum absolute atomic E-state index is 12.8. The predicted octanol–water partition coefficient (Wildman–Crippen LogP) is 6.08. The normalized spacial score (nSPS) is 11.7. The summed E-state index contributed by atoms with van der Waals surface area (Å²) in [5, 5.41) is 17.6. The van der Waals surface area contributed by atoms with E-state index >= 15 is 0 Å². The molecule has 0 atom stereocenters. The number of ether oxygens (including phenoxy) is 3. The molecule has 0 radical (unpaired) electrons. The van der Waals surface area contributed by atoms with E-state index in [1.54, 1.807) is 48.5 Å². The quantitative estimate of drug-likeness (QED) is 0.0732. The Morgan fingerprint density at radius 3 is 2.37 bits per heavy atom. The third-order valence-electron chi connectivity index (χ3n) is 5.93. The summed E-state index contributed by atoms with van der Waals surface area (Å²) >= 11 is 6.72. The number of rotatable bonds is 8. The van der Waals surface area contributed by atoms with Crippen molar-refractivity contribution in [2.24, 2.45) is 5.10 Å². The van der Waals surface area contributed by atoms with Gasteiger partial charge in [-0.1, -0.05) is 22.0 Å². The zero-order valence-corrected chi connectivity index (χ0v) is 24.9. The van der Waals surface area contributed by atoms with E-state index < -0.39 is 22.7 Å². The Hall–Kier alpha value is -5.08. The Labute approximate surface area is 260 Å². The number of halogens is 2. The fourth-order valence-electron chi connectivity index (χ4n) is 3.86. The van der Waals surface area contributed by atoms with Gasteiger partial charge >= 0.3 is 5.97 Å². The molecule has 43 heavy (non-hydrogen) atoms. The fraction of sp³-hybridized carbons (Fsp3) is 0.0345. The van der Waals surface area contributed by atoms with Gasteiger partial charge in [-0.15, -0.1) is 0 Å². The van der Waals surface area contributed by atoms with E-state index in [-0.39, 0.29) is 29.4 Å². The summed E-state index contributed by atoms with van der Waals surface area (Å²) in [4.78, 5) is 48.6. The number of carbonyl (C=O) groups excluding carboxylic acids is 3. The van der Waals surface area contributed by atoms with Crippen molar-refractivity contribution in [3.63, 3.8) is 0 Å². The van der Waals surface area contributed by atoms with Crippen LogP contribution in [0.2, 0.25) is 0 Å². The molecular formula is C29H18Br2N4O8. The number of non-ortho nitro benzene ring substituents is 1. The van der Waals surface area contributed by atoms with Gasteiger partial charge < -0.3 is 19.5 Å². The van der Waals surface area contributed by atoms with E-state index in [0.29, 0.717) is 37.3 Å². The maximum atomic E-state index is 12.8. The number of anilines is 1. The highest BCUT2D eigenvalue weighted by atomic mass is 79.9. The van der Waals surface area contributed by atoms with E-state index in [9.17, 15) is 24.5 Å². The van der Waals surface area contributed by atoms with E-state index in [1.165, 1.54) is 36.5 Å². The monoisotopic (exact) mass is 708 g/mol. The number of nitrogens with one attached hydrogen (secondary N) is 2. The van der Waals surface area contributed by atoms with Gasteiger partial charge in [-0.2, -0.15) is 5.10 Å². The minimum absolute atomic E-state index is 0.0908. The van der Waals surface area contributed by atoms with Gasteiger partial charge in [0.1, 0.15) is 0 Å². The number of benzene rings is 4. The predicted molar refractivity (Wildman–Crippen MR) is 162 cm³/mol. The largest absolute Gasteiger partial charge is 0.454 e. The zero-order chi connectivity index (χ0) is 30.5. The van der Waals surface area contributed by atoms with Gasteiger partial charge in [0.15, 0.2) is 17.2 Å². The molecule has 0 aromatic heterocycles. The van der Waals surface area contributed by atoms with Crippen LogP contribution in [-0.4, -0.2) is 35.7 Å². The van der Waals surface area contributed by atoms with Crippen LogP contribution in [0.4, 0.5) is 11.4 Å². The summed E-state index contributed by atoms with van der Waals surface area (Å²) in [6, 6.07) is 19.3.